The minimum atomic E-state index is -0.493. The van der Waals surface area contributed by atoms with Crippen LogP contribution in [0.1, 0.15) is 31.4 Å². The Balaban J connectivity index is 1.70. The van der Waals surface area contributed by atoms with Gasteiger partial charge in [0.25, 0.3) is 0 Å². The molecule has 1 N–H and O–H groups in total. The van der Waals surface area contributed by atoms with E-state index in [1.807, 2.05) is 29.9 Å². The zero-order valence-electron chi connectivity index (χ0n) is 11.3. The first-order valence-electron chi connectivity index (χ1n) is 6.84. The van der Waals surface area contributed by atoms with Crippen molar-refractivity contribution in [2.75, 3.05) is 13.6 Å². The molecule has 2 aromatic rings. The highest BCUT2D eigenvalue weighted by Crippen LogP contribution is 2.30. The first-order valence-corrected chi connectivity index (χ1v) is 6.84. The minimum absolute atomic E-state index is 0.493. The second-order valence-electron chi connectivity index (χ2n) is 5.64. The fraction of sp³-hybridized carbons (Fsp3) is 0.571. The van der Waals surface area contributed by atoms with Gasteiger partial charge in [0.15, 0.2) is 0 Å². The number of likely N-dealkylation sites (N-methyl/N-ethyl adjacent to an activating group) is 1. The zero-order valence-corrected chi connectivity index (χ0v) is 11.3. The Morgan fingerprint density at radius 3 is 2.95 bits per heavy atom. The van der Waals surface area contributed by atoms with Crippen molar-refractivity contribution in [3.8, 4) is 0 Å². The van der Waals surface area contributed by atoms with Gasteiger partial charge in [0.1, 0.15) is 0 Å². The van der Waals surface area contributed by atoms with Gasteiger partial charge in [-0.15, -0.1) is 0 Å². The lowest BCUT2D eigenvalue weighted by Crippen LogP contribution is -2.38. The fourth-order valence-electron chi connectivity index (χ4n) is 3.02. The molecular formula is C14H20N4O. The van der Waals surface area contributed by atoms with Crippen molar-refractivity contribution < 1.29 is 5.11 Å². The van der Waals surface area contributed by atoms with E-state index in [1.165, 1.54) is 0 Å². The van der Waals surface area contributed by atoms with Crippen molar-refractivity contribution in [1.29, 1.82) is 0 Å². The quantitative estimate of drug-likeness (QED) is 0.904. The molecule has 0 amide bonds. The third-order valence-electron chi connectivity index (χ3n) is 3.90. The van der Waals surface area contributed by atoms with Gasteiger partial charge in [-0.25, -0.2) is 9.97 Å². The lowest BCUT2D eigenvalue weighted by Gasteiger charge is -2.28. The van der Waals surface area contributed by atoms with E-state index < -0.39 is 5.60 Å². The molecule has 5 heteroatoms. The summed E-state index contributed by atoms with van der Waals surface area (Å²) in [4.78, 5) is 10.7. The number of hydrogen-bond donors (Lipinski definition) is 1. The molecule has 1 aliphatic rings. The predicted molar refractivity (Wildman–Crippen MR) is 72.7 cm³/mol. The number of rotatable bonds is 4. The maximum absolute atomic E-state index is 10.4. The summed E-state index contributed by atoms with van der Waals surface area (Å²) in [6.07, 6.45) is 9.71. The SMILES string of the molecule is CN(Cc1cnc2ncccn12)CC1(O)CCCC1. The van der Waals surface area contributed by atoms with E-state index >= 15 is 0 Å². The lowest BCUT2D eigenvalue weighted by atomic mass is 10.0. The predicted octanol–water partition coefficient (Wildman–Crippen LogP) is 1.47. The average Bonchev–Trinajstić information content (AvgIpc) is 2.97. The molecule has 2 heterocycles. The fourth-order valence-corrected chi connectivity index (χ4v) is 3.02. The average molecular weight is 260 g/mol. The summed E-state index contributed by atoms with van der Waals surface area (Å²) in [5.41, 5.74) is 0.611. The molecule has 1 fully saturated rings. The van der Waals surface area contributed by atoms with Crippen molar-refractivity contribution in [2.24, 2.45) is 0 Å². The Labute approximate surface area is 112 Å². The summed E-state index contributed by atoms with van der Waals surface area (Å²) >= 11 is 0. The van der Waals surface area contributed by atoms with Gasteiger partial charge in [0.2, 0.25) is 5.78 Å². The van der Waals surface area contributed by atoms with E-state index in [1.54, 1.807) is 6.20 Å². The van der Waals surface area contributed by atoms with Gasteiger partial charge < -0.3 is 5.11 Å². The van der Waals surface area contributed by atoms with Crippen LogP contribution in [0.15, 0.2) is 24.7 Å². The summed E-state index contributed by atoms with van der Waals surface area (Å²) in [5, 5.41) is 10.4. The zero-order chi connectivity index (χ0) is 13.3. The Kier molecular flexibility index (Phi) is 3.24. The van der Waals surface area contributed by atoms with Crippen molar-refractivity contribution in [3.05, 3.63) is 30.4 Å². The Hall–Kier alpha value is -1.46. The van der Waals surface area contributed by atoms with Gasteiger partial charge in [-0.3, -0.25) is 9.30 Å². The molecule has 0 aromatic carbocycles. The maximum Gasteiger partial charge on any atom is 0.233 e. The molecule has 0 bridgehead atoms. The molecule has 0 unspecified atom stereocenters. The molecule has 102 valence electrons. The molecule has 1 saturated carbocycles. The van der Waals surface area contributed by atoms with Crippen LogP contribution in [-0.2, 0) is 6.54 Å². The second-order valence-corrected chi connectivity index (χ2v) is 5.64. The third kappa shape index (κ3) is 2.62. The lowest BCUT2D eigenvalue weighted by molar-refractivity contribution is 0.0142. The van der Waals surface area contributed by atoms with Crippen molar-refractivity contribution in [3.63, 3.8) is 0 Å². The van der Waals surface area contributed by atoms with Gasteiger partial charge >= 0.3 is 0 Å². The summed E-state index contributed by atoms with van der Waals surface area (Å²) < 4.78 is 2.00. The third-order valence-corrected chi connectivity index (χ3v) is 3.90. The molecule has 0 spiro atoms. The second kappa shape index (κ2) is 4.90. The van der Waals surface area contributed by atoms with E-state index in [4.69, 9.17) is 0 Å². The van der Waals surface area contributed by atoms with Crippen molar-refractivity contribution >= 4 is 5.78 Å². The van der Waals surface area contributed by atoms with Gasteiger partial charge in [0, 0.05) is 25.5 Å². The number of aliphatic hydroxyl groups is 1. The van der Waals surface area contributed by atoms with Crippen molar-refractivity contribution in [2.45, 2.75) is 37.8 Å². The van der Waals surface area contributed by atoms with Crippen LogP contribution in [-0.4, -0.2) is 43.6 Å². The van der Waals surface area contributed by atoms with Gasteiger partial charge in [-0.1, -0.05) is 12.8 Å². The van der Waals surface area contributed by atoms with Crippen LogP contribution in [0.5, 0.6) is 0 Å². The molecule has 19 heavy (non-hydrogen) atoms. The van der Waals surface area contributed by atoms with Gasteiger partial charge in [0.05, 0.1) is 17.5 Å². The summed E-state index contributed by atoms with van der Waals surface area (Å²) in [5.74, 6) is 0.727. The van der Waals surface area contributed by atoms with E-state index in [-0.39, 0.29) is 0 Å². The molecular weight excluding hydrogens is 240 g/mol. The van der Waals surface area contributed by atoms with E-state index in [0.29, 0.717) is 0 Å². The smallest absolute Gasteiger partial charge is 0.233 e. The minimum Gasteiger partial charge on any atom is -0.389 e. The molecule has 0 saturated heterocycles. The summed E-state index contributed by atoms with van der Waals surface area (Å²) in [7, 11) is 2.05. The largest absolute Gasteiger partial charge is 0.389 e. The topological polar surface area (TPSA) is 53.7 Å². The van der Waals surface area contributed by atoms with Crippen LogP contribution in [0.2, 0.25) is 0 Å². The normalized spacial score (nSPS) is 18.5. The molecule has 0 atom stereocenters. The summed E-state index contributed by atoms with van der Waals surface area (Å²) in [6, 6.07) is 1.91. The highest BCUT2D eigenvalue weighted by atomic mass is 16.3. The van der Waals surface area contributed by atoms with Crippen LogP contribution in [0, 0.1) is 0 Å². The Bertz CT molecular complexity index is 559. The molecule has 0 radical (unpaired) electrons. The number of aromatic nitrogens is 3. The number of hydrogen-bond acceptors (Lipinski definition) is 4. The highest BCUT2D eigenvalue weighted by molar-refractivity contribution is 5.30. The molecule has 2 aromatic heterocycles. The first-order chi connectivity index (χ1) is 9.16. The summed E-state index contributed by atoms with van der Waals surface area (Å²) in [6.45, 7) is 1.50. The Morgan fingerprint density at radius 1 is 1.37 bits per heavy atom. The molecule has 5 nitrogen and oxygen atoms in total. The number of nitrogens with zero attached hydrogens (tertiary/aromatic N) is 4. The number of fused-ring (bicyclic) bond motifs is 1. The number of imidazole rings is 1. The van der Waals surface area contributed by atoms with Crippen LogP contribution >= 0.6 is 0 Å². The first kappa shape index (κ1) is 12.6. The van der Waals surface area contributed by atoms with Crippen LogP contribution < -0.4 is 0 Å². The molecule has 1 aliphatic carbocycles. The van der Waals surface area contributed by atoms with E-state index in [9.17, 15) is 5.11 Å². The molecule has 0 aliphatic heterocycles. The van der Waals surface area contributed by atoms with E-state index in [0.717, 1.165) is 50.2 Å². The maximum atomic E-state index is 10.4. The van der Waals surface area contributed by atoms with Crippen LogP contribution in [0.4, 0.5) is 0 Å². The van der Waals surface area contributed by atoms with Crippen molar-refractivity contribution in [1.82, 2.24) is 19.3 Å². The van der Waals surface area contributed by atoms with E-state index in [2.05, 4.69) is 14.9 Å². The van der Waals surface area contributed by atoms with Gasteiger partial charge in [-0.05, 0) is 26.0 Å². The van der Waals surface area contributed by atoms with Crippen LogP contribution in [0.3, 0.4) is 0 Å². The molecule has 3 rings (SSSR count). The highest BCUT2D eigenvalue weighted by Gasteiger charge is 2.32. The van der Waals surface area contributed by atoms with Gasteiger partial charge in [-0.2, -0.15) is 0 Å². The Morgan fingerprint density at radius 2 is 2.16 bits per heavy atom. The monoisotopic (exact) mass is 260 g/mol. The van der Waals surface area contributed by atoms with Crippen LogP contribution in [0.25, 0.3) is 5.78 Å². The standard InChI is InChI=1S/C14H20N4O/c1-17(11-14(19)5-2-3-6-14)10-12-9-16-13-15-7-4-8-18(12)13/h4,7-9,19H,2-3,5-6,10-11H2,1H3.